The number of rotatable bonds is 2. The van der Waals surface area contributed by atoms with E-state index in [9.17, 15) is 0 Å². The number of likely N-dealkylation sites (N-methyl/N-ethyl adjacent to an activating group) is 1. The lowest BCUT2D eigenvalue weighted by Gasteiger charge is -2.22. The first kappa shape index (κ1) is 11.3. The predicted octanol–water partition coefficient (Wildman–Crippen LogP) is 0.734. The second-order valence-electron chi connectivity index (χ2n) is 4.47. The number of imidazole rings is 1. The van der Waals surface area contributed by atoms with Crippen molar-refractivity contribution < 1.29 is 9.47 Å². The fraction of sp³-hybridized carbons (Fsp3) is 0.500. The van der Waals surface area contributed by atoms with E-state index in [4.69, 9.17) is 9.47 Å². The molecule has 0 radical (unpaired) electrons. The number of ether oxygens (including phenoxy) is 2. The van der Waals surface area contributed by atoms with Crippen LogP contribution in [0.4, 0.5) is 0 Å². The van der Waals surface area contributed by atoms with Crippen LogP contribution >= 0.6 is 0 Å². The van der Waals surface area contributed by atoms with Gasteiger partial charge in [-0.1, -0.05) is 0 Å². The van der Waals surface area contributed by atoms with Crippen LogP contribution in [0.1, 0.15) is 11.4 Å². The third-order valence-electron chi connectivity index (χ3n) is 3.28. The second kappa shape index (κ2) is 4.13. The Bertz CT molecular complexity index is 593. The van der Waals surface area contributed by atoms with Gasteiger partial charge in [0.2, 0.25) is 17.5 Å². The summed E-state index contributed by atoms with van der Waals surface area (Å²) in [5.41, 5.74) is 2.26. The first-order chi connectivity index (χ1) is 8.72. The fourth-order valence-electron chi connectivity index (χ4n) is 2.34. The summed E-state index contributed by atoms with van der Waals surface area (Å²) in [6.07, 6.45) is 0.945. The highest BCUT2D eigenvalue weighted by molar-refractivity contribution is 5.44. The largest absolute Gasteiger partial charge is 0.482 e. The molecule has 2 aromatic heterocycles. The summed E-state index contributed by atoms with van der Waals surface area (Å²) in [6, 6.07) is 1.78. The summed E-state index contributed by atoms with van der Waals surface area (Å²) >= 11 is 0. The molecule has 0 aromatic carbocycles. The average Bonchev–Trinajstić information content (AvgIpc) is 2.75. The standard InChI is InChI=1S/C12H16N4O2/c1-15-5-4-8-9(7-15)16-11(18-3)6-10(17-2)14-12(16)13-8/h6H,4-5,7H2,1-3H3. The minimum Gasteiger partial charge on any atom is -0.482 e. The lowest BCUT2D eigenvalue weighted by atomic mass is 10.1. The van der Waals surface area contributed by atoms with E-state index in [1.165, 1.54) is 0 Å². The minimum absolute atomic E-state index is 0.523. The molecule has 0 fully saturated rings. The molecule has 96 valence electrons. The maximum absolute atomic E-state index is 5.41. The SMILES string of the molecule is COc1cc(OC)n2c3c(nc2n1)CCN(C)C3. The normalized spacial score (nSPS) is 15.7. The van der Waals surface area contributed by atoms with E-state index < -0.39 is 0 Å². The molecular formula is C12H16N4O2. The van der Waals surface area contributed by atoms with Crippen LogP contribution in [0.15, 0.2) is 6.07 Å². The number of hydrogen-bond acceptors (Lipinski definition) is 5. The van der Waals surface area contributed by atoms with Crippen LogP contribution in [-0.2, 0) is 13.0 Å². The highest BCUT2D eigenvalue weighted by Crippen LogP contribution is 2.26. The maximum Gasteiger partial charge on any atom is 0.240 e. The van der Waals surface area contributed by atoms with Gasteiger partial charge in [-0.3, -0.25) is 0 Å². The Kier molecular flexibility index (Phi) is 2.59. The zero-order valence-electron chi connectivity index (χ0n) is 10.8. The summed E-state index contributed by atoms with van der Waals surface area (Å²) in [5, 5.41) is 0. The molecule has 0 aliphatic carbocycles. The van der Waals surface area contributed by atoms with E-state index in [1.807, 2.05) is 4.40 Å². The van der Waals surface area contributed by atoms with Crippen molar-refractivity contribution in [3.05, 3.63) is 17.5 Å². The van der Waals surface area contributed by atoms with Crippen LogP contribution in [0.2, 0.25) is 0 Å². The van der Waals surface area contributed by atoms with Crippen LogP contribution in [0.25, 0.3) is 5.78 Å². The van der Waals surface area contributed by atoms with Gasteiger partial charge < -0.3 is 14.4 Å². The Hall–Kier alpha value is -1.82. The van der Waals surface area contributed by atoms with E-state index >= 15 is 0 Å². The molecule has 6 heteroatoms. The average molecular weight is 248 g/mol. The molecule has 18 heavy (non-hydrogen) atoms. The van der Waals surface area contributed by atoms with Gasteiger partial charge in [-0.05, 0) is 7.05 Å². The Labute approximate surface area is 105 Å². The fourth-order valence-corrected chi connectivity index (χ4v) is 2.34. The topological polar surface area (TPSA) is 51.9 Å². The van der Waals surface area contributed by atoms with Gasteiger partial charge in [0.1, 0.15) is 0 Å². The molecule has 0 atom stereocenters. The van der Waals surface area contributed by atoms with Crippen molar-refractivity contribution in [2.45, 2.75) is 13.0 Å². The highest BCUT2D eigenvalue weighted by atomic mass is 16.5. The molecule has 0 saturated carbocycles. The number of aromatic nitrogens is 3. The van der Waals surface area contributed by atoms with Crippen LogP contribution in [0.5, 0.6) is 11.8 Å². The first-order valence-corrected chi connectivity index (χ1v) is 5.90. The third-order valence-corrected chi connectivity index (χ3v) is 3.28. The highest BCUT2D eigenvalue weighted by Gasteiger charge is 2.22. The molecular weight excluding hydrogens is 232 g/mol. The third kappa shape index (κ3) is 1.60. The summed E-state index contributed by atoms with van der Waals surface area (Å²) in [4.78, 5) is 11.2. The number of hydrogen-bond donors (Lipinski definition) is 0. The quantitative estimate of drug-likeness (QED) is 0.784. The molecule has 3 rings (SSSR count). The van der Waals surface area contributed by atoms with Gasteiger partial charge in [-0.2, -0.15) is 4.98 Å². The number of methoxy groups -OCH3 is 2. The minimum atomic E-state index is 0.523. The zero-order valence-corrected chi connectivity index (χ0v) is 10.8. The Morgan fingerprint density at radius 1 is 1.22 bits per heavy atom. The molecule has 0 saturated heterocycles. The van der Waals surface area contributed by atoms with Gasteiger partial charge in [0.25, 0.3) is 0 Å². The van der Waals surface area contributed by atoms with E-state index in [0.29, 0.717) is 17.5 Å². The van der Waals surface area contributed by atoms with Crippen LogP contribution < -0.4 is 9.47 Å². The Morgan fingerprint density at radius 3 is 2.78 bits per heavy atom. The molecule has 0 spiro atoms. The molecule has 6 nitrogen and oxygen atoms in total. The first-order valence-electron chi connectivity index (χ1n) is 5.90. The van der Waals surface area contributed by atoms with Crippen molar-refractivity contribution in [1.82, 2.24) is 19.3 Å². The molecule has 3 heterocycles. The molecule has 0 bridgehead atoms. The van der Waals surface area contributed by atoms with Crippen LogP contribution in [0.3, 0.4) is 0 Å². The lowest BCUT2D eigenvalue weighted by molar-refractivity contribution is 0.301. The molecule has 0 N–H and O–H groups in total. The van der Waals surface area contributed by atoms with E-state index in [1.54, 1.807) is 20.3 Å². The van der Waals surface area contributed by atoms with Crippen molar-refractivity contribution in [2.24, 2.45) is 0 Å². The van der Waals surface area contributed by atoms with Crippen molar-refractivity contribution in [3.63, 3.8) is 0 Å². The predicted molar refractivity (Wildman–Crippen MR) is 66.1 cm³/mol. The molecule has 0 unspecified atom stereocenters. The van der Waals surface area contributed by atoms with Gasteiger partial charge in [-0.15, -0.1) is 0 Å². The van der Waals surface area contributed by atoms with E-state index in [-0.39, 0.29) is 0 Å². The van der Waals surface area contributed by atoms with Gasteiger partial charge in [0.05, 0.1) is 31.7 Å². The van der Waals surface area contributed by atoms with Crippen LogP contribution in [-0.4, -0.2) is 47.1 Å². The zero-order chi connectivity index (χ0) is 12.7. The summed E-state index contributed by atoms with van der Waals surface area (Å²) in [7, 11) is 5.34. The van der Waals surface area contributed by atoms with E-state index in [2.05, 4.69) is 21.9 Å². The Balaban J connectivity index is 2.26. The smallest absolute Gasteiger partial charge is 0.240 e. The molecule has 2 aromatic rings. The summed E-state index contributed by atoms with van der Waals surface area (Å²) < 4.78 is 12.5. The van der Waals surface area contributed by atoms with Gasteiger partial charge in [0, 0.05) is 19.5 Å². The number of fused-ring (bicyclic) bond motifs is 3. The molecule has 1 aliphatic rings. The monoisotopic (exact) mass is 248 g/mol. The molecule has 0 amide bonds. The second-order valence-corrected chi connectivity index (χ2v) is 4.47. The van der Waals surface area contributed by atoms with Crippen molar-refractivity contribution >= 4 is 5.78 Å². The van der Waals surface area contributed by atoms with Gasteiger partial charge in [-0.25, -0.2) is 9.38 Å². The summed E-state index contributed by atoms with van der Waals surface area (Å²) in [6.45, 7) is 1.89. The summed E-state index contributed by atoms with van der Waals surface area (Å²) in [5.74, 6) is 1.88. The van der Waals surface area contributed by atoms with Gasteiger partial charge >= 0.3 is 0 Å². The van der Waals surface area contributed by atoms with Crippen LogP contribution in [0, 0.1) is 0 Å². The van der Waals surface area contributed by atoms with Crippen molar-refractivity contribution in [3.8, 4) is 11.8 Å². The van der Waals surface area contributed by atoms with E-state index in [0.717, 1.165) is 30.9 Å². The molecule has 1 aliphatic heterocycles. The Morgan fingerprint density at radius 2 is 2.06 bits per heavy atom. The van der Waals surface area contributed by atoms with Crippen molar-refractivity contribution in [1.29, 1.82) is 0 Å². The van der Waals surface area contributed by atoms with Crippen molar-refractivity contribution in [2.75, 3.05) is 27.8 Å². The number of nitrogens with zero attached hydrogens (tertiary/aromatic N) is 4. The maximum atomic E-state index is 5.41. The lowest BCUT2D eigenvalue weighted by Crippen LogP contribution is -2.27. The van der Waals surface area contributed by atoms with Gasteiger partial charge in [0.15, 0.2) is 0 Å².